The zero-order valence-electron chi connectivity index (χ0n) is 17.8. The van der Waals surface area contributed by atoms with Crippen LogP contribution in [0.1, 0.15) is 16.8 Å². The van der Waals surface area contributed by atoms with Gasteiger partial charge in [0.2, 0.25) is 5.88 Å². The summed E-state index contributed by atoms with van der Waals surface area (Å²) < 4.78 is 12.8. The molecule has 1 amide bonds. The number of fused-ring (bicyclic) bond motifs is 1. The van der Waals surface area contributed by atoms with Crippen molar-refractivity contribution in [1.29, 1.82) is 0 Å². The molecule has 0 bridgehead atoms. The summed E-state index contributed by atoms with van der Waals surface area (Å²) in [7, 11) is 1.61. The quantitative estimate of drug-likeness (QED) is 0.497. The molecular formula is C24H24N4O3. The fourth-order valence-corrected chi connectivity index (χ4v) is 3.53. The second-order valence-electron chi connectivity index (χ2n) is 7.19. The van der Waals surface area contributed by atoms with E-state index in [1.807, 2.05) is 74.5 Å². The number of carbonyl (C=O) groups is 1. The lowest BCUT2D eigenvalue weighted by atomic mass is 10.2. The number of hydrogen-bond acceptors (Lipinski definition) is 5. The van der Waals surface area contributed by atoms with Crippen molar-refractivity contribution in [3.8, 4) is 17.3 Å². The van der Waals surface area contributed by atoms with Gasteiger partial charge in [-0.3, -0.25) is 4.79 Å². The van der Waals surface area contributed by atoms with Gasteiger partial charge in [0, 0.05) is 23.6 Å². The SMILES string of the molecule is COc1ccccc1CNC(=O)COc1cc(C)c2c(C)nn(-c3ccccc3)c2n1. The molecule has 0 saturated heterocycles. The van der Waals surface area contributed by atoms with Crippen molar-refractivity contribution in [2.45, 2.75) is 20.4 Å². The molecule has 0 atom stereocenters. The number of pyridine rings is 1. The Bertz CT molecular complexity index is 1220. The number of carbonyl (C=O) groups excluding carboxylic acids is 1. The summed E-state index contributed by atoms with van der Waals surface area (Å²) in [6.45, 7) is 4.17. The Labute approximate surface area is 180 Å². The summed E-state index contributed by atoms with van der Waals surface area (Å²) in [5.74, 6) is 0.878. The van der Waals surface area contributed by atoms with Crippen molar-refractivity contribution >= 4 is 16.9 Å². The number of nitrogens with zero attached hydrogens (tertiary/aromatic N) is 3. The number of ether oxygens (including phenoxy) is 2. The molecule has 0 fully saturated rings. The van der Waals surface area contributed by atoms with E-state index in [1.165, 1.54) is 0 Å². The second-order valence-corrected chi connectivity index (χ2v) is 7.19. The minimum Gasteiger partial charge on any atom is -0.496 e. The Hall–Kier alpha value is -3.87. The molecule has 4 aromatic rings. The van der Waals surface area contributed by atoms with E-state index in [0.29, 0.717) is 18.1 Å². The first-order chi connectivity index (χ1) is 15.1. The van der Waals surface area contributed by atoms with Crippen LogP contribution in [0.5, 0.6) is 11.6 Å². The fraction of sp³-hybridized carbons (Fsp3) is 0.208. The number of para-hydroxylation sites is 2. The van der Waals surface area contributed by atoms with Crippen molar-refractivity contribution < 1.29 is 14.3 Å². The smallest absolute Gasteiger partial charge is 0.258 e. The van der Waals surface area contributed by atoms with Crippen molar-refractivity contribution in [3.05, 3.63) is 77.5 Å². The molecule has 4 rings (SSSR count). The van der Waals surface area contributed by atoms with Crippen LogP contribution in [-0.2, 0) is 11.3 Å². The molecule has 0 radical (unpaired) electrons. The summed E-state index contributed by atoms with van der Waals surface area (Å²) in [6.07, 6.45) is 0. The number of aryl methyl sites for hydroxylation is 2. The molecule has 2 aromatic heterocycles. The summed E-state index contributed by atoms with van der Waals surface area (Å²) in [4.78, 5) is 16.9. The minimum absolute atomic E-state index is 0.133. The largest absolute Gasteiger partial charge is 0.496 e. The van der Waals surface area contributed by atoms with Crippen molar-refractivity contribution in [2.24, 2.45) is 0 Å². The average molecular weight is 416 g/mol. The Morgan fingerprint density at radius 2 is 1.81 bits per heavy atom. The highest BCUT2D eigenvalue weighted by Gasteiger charge is 2.15. The van der Waals surface area contributed by atoms with E-state index >= 15 is 0 Å². The van der Waals surface area contributed by atoms with Crippen LogP contribution in [0.4, 0.5) is 0 Å². The standard InChI is InChI=1S/C24H24N4O3/c1-16-13-22(31-15-21(29)25-14-18-9-7-8-12-20(18)30-3)26-24-23(16)17(2)27-28(24)19-10-5-4-6-11-19/h4-13H,14-15H2,1-3H3,(H,25,29). The van der Waals surface area contributed by atoms with Crippen LogP contribution >= 0.6 is 0 Å². The topological polar surface area (TPSA) is 78.3 Å². The lowest BCUT2D eigenvalue weighted by Gasteiger charge is -2.11. The van der Waals surface area contributed by atoms with Gasteiger partial charge < -0.3 is 14.8 Å². The summed E-state index contributed by atoms with van der Waals surface area (Å²) in [5.41, 5.74) is 4.40. The number of rotatable bonds is 7. The summed E-state index contributed by atoms with van der Waals surface area (Å²) in [5, 5.41) is 8.47. The lowest BCUT2D eigenvalue weighted by Crippen LogP contribution is -2.28. The number of benzene rings is 2. The molecule has 158 valence electrons. The zero-order valence-corrected chi connectivity index (χ0v) is 17.8. The molecule has 0 aliphatic rings. The van der Waals surface area contributed by atoms with E-state index in [9.17, 15) is 4.79 Å². The molecule has 0 aliphatic carbocycles. The predicted molar refractivity (Wildman–Crippen MR) is 119 cm³/mol. The van der Waals surface area contributed by atoms with Gasteiger partial charge in [0.1, 0.15) is 5.75 Å². The van der Waals surface area contributed by atoms with Crippen LogP contribution in [0.15, 0.2) is 60.7 Å². The van der Waals surface area contributed by atoms with E-state index in [4.69, 9.17) is 9.47 Å². The maximum absolute atomic E-state index is 12.3. The van der Waals surface area contributed by atoms with Crippen LogP contribution < -0.4 is 14.8 Å². The van der Waals surface area contributed by atoms with Crippen molar-refractivity contribution in [3.63, 3.8) is 0 Å². The number of aromatic nitrogens is 3. The highest BCUT2D eigenvalue weighted by Crippen LogP contribution is 2.26. The first-order valence-corrected chi connectivity index (χ1v) is 10.0. The third kappa shape index (κ3) is 4.35. The molecule has 7 nitrogen and oxygen atoms in total. The number of hydrogen-bond donors (Lipinski definition) is 1. The van der Waals surface area contributed by atoms with Gasteiger partial charge in [0.05, 0.1) is 18.5 Å². The average Bonchev–Trinajstić information content (AvgIpc) is 3.13. The highest BCUT2D eigenvalue weighted by molar-refractivity contribution is 5.84. The van der Waals surface area contributed by atoms with Gasteiger partial charge in [0.25, 0.3) is 5.91 Å². The Balaban J connectivity index is 1.49. The van der Waals surface area contributed by atoms with E-state index in [1.54, 1.807) is 11.8 Å². The number of methoxy groups -OCH3 is 1. The van der Waals surface area contributed by atoms with Crippen molar-refractivity contribution in [1.82, 2.24) is 20.1 Å². The van der Waals surface area contributed by atoms with Crippen LogP contribution in [0, 0.1) is 13.8 Å². The van der Waals surface area contributed by atoms with Gasteiger partial charge in [0.15, 0.2) is 12.3 Å². The zero-order chi connectivity index (χ0) is 21.8. The van der Waals surface area contributed by atoms with Crippen molar-refractivity contribution in [2.75, 3.05) is 13.7 Å². The van der Waals surface area contributed by atoms with Gasteiger partial charge in [-0.2, -0.15) is 10.1 Å². The van der Waals surface area contributed by atoms with Crippen LogP contribution in [0.2, 0.25) is 0 Å². The third-order valence-corrected chi connectivity index (χ3v) is 5.01. The number of nitrogens with one attached hydrogen (secondary N) is 1. The number of amides is 1. The van der Waals surface area contributed by atoms with Gasteiger partial charge in [-0.15, -0.1) is 0 Å². The van der Waals surface area contributed by atoms with Gasteiger partial charge in [-0.25, -0.2) is 4.68 Å². The summed E-state index contributed by atoms with van der Waals surface area (Å²) >= 11 is 0. The monoisotopic (exact) mass is 416 g/mol. The molecule has 2 heterocycles. The van der Waals surface area contributed by atoms with E-state index in [0.717, 1.165) is 33.6 Å². The highest BCUT2D eigenvalue weighted by atomic mass is 16.5. The maximum atomic E-state index is 12.3. The normalized spacial score (nSPS) is 10.8. The molecule has 0 aliphatic heterocycles. The second kappa shape index (κ2) is 8.87. The predicted octanol–water partition coefficient (Wildman–Crippen LogP) is 3.74. The molecule has 7 heteroatoms. The molecule has 31 heavy (non-hydrogen) atoms. The lowest BCUT2D eigenvalue weighted by molar-refractivity contribution is -0.123. The van der Waals surface area contributed by atoms with Gasteiger partial charge in [-0.05, 0) is 37.6 Å². The van der Waals surface area contributed by atoms with E-state index in [2.05, 4.69) is 15.4 Å². The summed E-state index contributed by atoms with van der Waals surface area (Å²) in [6, 6.07) is 19.2. The molecular weight excluding hydrogens is 392 g/mol. The molecule has 2 aromatic carbocycles. The van der Waals surface area contributed by atoms with Crippen LogP contribution in [0.3, 0.4) is 0 Å². The van der Waals surface area contributed by atoms with E-state index in [-0.39, 0.29) is 12.5 Å². The van der Waals surface area contributed by atoms with Gasteiger partial charge >= 0.3 is 0 Å². The molecule has 1 N–H and O–H groups in total. The fourth-order valence-electron chi connectivity index (χ4n) is 3.53. The Morgan fingerprint density at radius 1 is 1.06 bits per heavy atom. The first-order valence-electron chi connectivity index (χ1n) is 10.0. The first kappa shape index (κ1) is 20.4. The Morgan fingerprint density at radius 3 is 2.58 bits per heavy atom. The minimum atomic E-state index is -0.238. The van der Waals surface area contributed by atoms with E-state index < -0.39 is 0 Å². The molecule has 0 spiro atoms. The Kier molecular flexibility index (Phi) is 5.84. The van der Waals surface area contributed by atoms with Crippen LogP contribution in [0.25, 0.3) is 16.7 Å². The van der Waals surface area contributed by atoms with Crippen LogP contribution in [-0.4, -0.2) is 34.4 Å². The maximum Gasteiger partial charge on any atom is 0.258 e. The third-order valence-electron chi connectivity index (χ3n) is 5.01. The molecule has 0 saturated carbocycles. The van der Waals surface area contributed by atoms with Gasteiger partial charge in [-0.1, -0.05) is 36.4 Å². The molecule has 0 unspecified atom stereocenters.